The zero-order valence-corrected chi connectivity index (χ0v) is 20.8. The van der Waals surface area contributed by atoms with Gasteiger partial charge in [0.25, 0.3) is 5.91 Å². The van der Waals surface area contributed by atoms with Gasteiger partial charge in [0, 0.05) is 25.4 Å². The molecule has 9 nitrogen and oxygen atoms in total. The lowest BCUT2D eigenvalue weighted by molar-refractivity contribution is -0.193. The number of nitrogens with zero attached hydrogens (tertiary/aromatic N) is 3. The minimum Gasteiger partial charge on any atom is -0.477 e. The number of piperidine rings is 1. The lowest BCUT2D eigenvalue weighted by Gasteiger charge is -2.59. The molecule has 3 heterocycles. The highest BCUT2D eigenvalue weighted by Crippen LogP contribution is 2.43. The van der Waals surface area contributed by atoms with Gasteiger partial charge >= 0.3 is 24.3 Å². The van der Waals surface area contributed by atoms with Gasteiger partial charge in [0.2, 0.25) is 5.88 Å². The molecule has 2 aliphatic heterocycles. The molecule has 220 valence electrons. The summed E-state index contributed by atoms with van der Waals surface area (Å²) in [4.78, 5) is 38.4. The second-order valence-corrected chi connectivity index (χ2v) is 9.57. The van der Waals surface area contributed by atoms with Crippen molar-refractivity contribution in [2.75, 3.05) is 33.3 Å². The number of hydrogen-bond acceptors (Lipinski definition) is 6. The van der Waals surface area contributed by atoms with Gasteiger partial charge < -0.3 is 19.8 Å². The summed E-state index contributed by atoms with van der Waals surface area (Å²) < 4.78 is 83.7. The molecule has 1 atom stereocenters. The third-order valence-electron chi connectivity index (χ3n) is 6.73. The van der Waals surface area contributed by atoms with Crippen molar-refractivity contribution in [3.05, 3.63) is 24.4 Å². The summed E-state index contributed by atoms with van der Waals surface area (Å²) >= 11 is 0. The predicted octanol–water partition coefficient (Wildman–Crippen LogP) is 3.54. The summed E-state index contributed by atoms with van der Waals surface area (Å²) in [6, 6.07) is 5.66. The molecule has 2 saturated heterocycles. The number of aromatic nitrogens is 1. The van der Waals surface area contributed by atoms with Crippen LogP contribution in [0.25, 0.3) is 0 Å². The zero-order valence-electron chi connectivity index (χ0n) is 20.8. The second kappa shape index (κ2) is 12.3. The summed E-state index contributed by atoms with van der Waals surface area (Å²) in [6.45, 7) is 2.93. The molecule has 3 fully saturated rings. The Bertz CT molecular complexity index is 972. The minimum absolute atomic E-state index is 0.00778. The number of aliphatic carboxylic acids is 2. The van der Waals surface area contributed by atoms with E-state index >= 15 is 0 Å². The van der Waals surface area contributed by atoms with Crippen molar-refractivity contribution in [2.24, 2.45) is 5.92 Å². The van der Waals surface area contributed by atoms with Gasteiger partial charge in [0.15, 0.2) is 5.67 Å². The van der Waals surface area contributed by atoms with Gasteiger partial charge in [-0.1, -0.05) is 6.07 Å². The molecule has 0 aromatic carbocycles. The number of rotatable bonds is 4. The molecule has 1 spiro atoms. The molecule has 0 bridgehead atoms. The van der Waals surface area contributed by atoms with Gasteiger partial charge in [0.1, 0.15) is 0 Å². The number of ether oxygens (including phenoxy) is 1. The van der Waals surface area contributed by atoms with Crippen LogP contribution in [0.4, 0.5) is 30.7 Å². The average Bonchev–Trinajstić information content (AvgIpc) is 2.80. The smallest absolute Gasteiger partial charge is 0.477 e. The number of likely N-dealkylation sites (N-methyl/N-ethyl adjacent to an activating group) is 1. The Labute approximate surface area is 218 Å². The van der Waals surface area contributed by atoms with Gasteiger partial charge in [-0.2, -0.15) is 26.3 Å². The number of likely N-dealkylation sites (tertiary alicyclic amines) is 2. The first kappa shape index (κ1) is 32.0. The zero-order chi connectivity index (χ0) is 29.6. The summed E-state index contributed by atoms with van der Waals surface area (Å²) in [7, 11) is 2.12. The SMILES string of the molecule is CN1CCC(COc2ccccn2)CC12CN(C(=O)C1(F)CCC1)C2.O=C(O)C(F)(F)F.O=C(O)C(F)(F)F. The normalized spacial score (nSPS) is 21.6. The lowest BCUT2D eigenvalue weighted by atomic mass is 9.73. The van der Waals surface area contributed by atoms with Crippen LogP contribution in [0.3, 0.4) is 0 Å². The molecule has 3 aliphatic rings. The van der Waals surface area contributed by atoms with E-state index in [2.05, 4.69) is 16.9 Å². The Morgan fingerprint density at radius 1 is 1.05 bits per heavy atom. The van der Waals surface area contributed by atoms with Crippen molar-refractivity contribution >= 4 is 17.8 Å². The van der Waals surface area contributed by atoms with Gasteiger partial charge in [0.05, 0.1) is 12.1 Å². The third-order valence-corrected chi connectivity index (χ3v) is 6.73. The van der Waals surface area contributed by atoms with E-state index < -0.39 is 30.0 Å². The first-order valence-electron chi connectivity index (χ1n) is 11.7. The fraction of sp³-hybridized carbons (Fsp3) is 0.652. The largest absolute Gasteiger partial charge is 0.490 e. The van der Waals surface area contributed by atoms with E-state index in [1.807, 2.05) is 18.2 Å². The Morgan fingerprint density at radius 3 is 2.00 bits per heavy atom. The van der Waals surface area contributed by atoms with E-state index in [4.69, 9.17) is 24.5 Å². The predicted molar refractivity (Wildman–Crippen MR) is 119 cm³/mol. The molecular formula is C23H28F7N3O6. The van der Waals surface area contributed by atoms with E-state index in [1.54, 1.807) is 11.1 Å². The van der Waals surface area contributed by atoms with Crippen molar-refractivity contribution in [3.8, 4) is 5.88 Å². The number of carbonyl (C=O) groups excluding carboxylic acids is 1. The molecule has 1 amide bonds. The number of alkyl halides is 7. The van der Waals surface area contributed by atoms with Crippen molar-refractivity contribution < 1.29 is 60.1 Å². The number of carbonyl (C=O) groups is 3. The van der Waals surface area contributed by atoms with Crippen LogP contribution in [0.2, 0.25) is 0 Å². The summed E-state index contributed by atoms with van der Waals surface area (Å²) in [5.74, 6) is -4.70. The van der Waals surface area contributed by atoms with E-state index in [0.717, 1.165) is 25.8 Å². The highest BCUT2D eigenvalue weighted by Gasteiger charge is 2.56. The fourth-order valence-corrected chi connectivity index (χ4v) is 4.35. The molecule has 4 rings (SSSR count). The average molecular weight is 575 g/mol. The Morgan fingerprint density at radius 2 is 1.59 bits per heavy atom. The molecular weight excluding hydrogens is 547 g/mol. The number of carboxylic acids is 2. The fourth-order valence-electron chi connectivity index (χ4n) is 4.35. The van der Waals surface area contributed by atoms with E-state index in [0.29, 0.717) is 44.3 Å². The molecule has 1 unspecified atom stereocenters. The van der Waals surface area contributed by atoms with Crippen molar-refractivity contribution in [3.63, 3.8) is 0 Å². The van der Waals surface area contributed by atoms with Crippen LogP contribution >= 0.6 is 0 Å². The molecule has 0 radical (unpaired) electrons. The molecule has 1 aliphatic carbocycles. The Hall–Kier alpha value is -3.17. The first-order valence-corrected chi connectivity index (χ1v) is 11.7. The molecule has 2 N–H and O–H groups in total. The lowest BCUT2D eigenvalue weighted by Crippen LogP contribution is -2.74. The maximum Gasteiger partial charge on any atom is 0.490 e. The van der Waals surface area contributed by atoms with Crippen molar-refractivity contribution in [2.45, 2.75) is 55.7 Å². The molecule has 39 heavy (non-hydrogen) atoms. The van der Waals surface area contributed by atoms with Crippen molar-refractivity contribution in [1.82, 2.24) is 14.8 Å². The van der Waals surface area contributed by atoms with Crippen LogP contribution in [0, 0.1) is 5.92 Å². The van der Waals surface area contributed by atoms with Crippen LogP contribution in [0.15, 0.2) is 24.4 Å². The van der Waals surface area contributed by atoms with Gasteiger partial charge in [-0.25, -0.2) is 19.0 Å². The monoisotopic (exact) mass is 575 g/mol. The van der Waals surface area contributed by atoms with Crippen LogP contribution in [-0.4, -0.2) is 99.7 Å². The van der Waals surface area contributed by atoms with Gasteiger partial charge in [-0.15, -0.1) is 0 Å². The second-order valence-electron chi connectivity index (χ2n) is 9.57. The highest BCUT2D eigenvalue weighted by molar-refractivity contribution is 5.87. The maximum atomic E-state index is 14.4. The van der Waals surface area contributed by atoms with Crippen LogP contribution in [0.1, 0.15) is 32.1 Å². The van der Waals surface area contributed by atoms with Gasteiger partial charge in [-0.3, -0.25) is 9.69 Å². The molecule has 1 aromatic heterocycles. The standard InChI is InChI=1S/C19H26FN3O2.2C2HF3O2/c1-22-10-6-15(12-25-16-5-2-3-9-21-16)11-18(22)13-23(14-18)17(24)19(20)7-4-8-19;2*3-2(4,5)1(6)7/h2-3,5,9,15H,4,6-8,10-14H2,1H3;2*(H,6,7). The van der Waals surface area contributed by atoms with Gasteiger partial charge in [-0.05, 0) is 57.7 Å². The maximum absolute atomic E-state index is 14.4. The minimum atomic E-state index is -5.08. The summed E-state index contributed by atoms with van der Waals surface area (Å²) in [5, 5.41) is 14.2. The number of carboxylic acid groups (broad SMARTS) is 2. The Balaban J connectivity index is 0.000000317. The number of amides is 1. The topological polar surface area (TPSA) is 120 Å². The van der Waals surface area contributed by atoms with E-state index in [9.17, 15) is 35.5 Å². The molecule has 1 saturated carbocycles. The Kier molecular flexibility index (Phi) is 10.1. The first-order chi connectivity index (χ1) is 17.9. The van der Waals surface area contributed by atoms with E-state index in [1.165, 1.54) is 0 Å². The number of halogens is 7. The molecule has 1 aromatic rings. The summed E-state index contributed by atoms with van der Waals surface area (Å²) in [5.41, 5.74) is -1.58. The van der Waals surface area contributed by atoms with Crippen LogP contribution in [0.5, 0.6) is 5.88 Å². The number of pyridine rings is 1. The van der Waals surface area contributed by atoms with Crippen LogP contribution in [-0.2, 0) is 14.4 Å². The highest BCUT2D eigenvalue weighted by atomic mass is 19.4. The van der Waals surface area contributed by atoms with E-state index in [-0.39, 0.29) is 11.4 Å². The van der Waals surface area contributed by atoms with Crippen molar-refractivity contribution in [1.29, 1.82) is 0 Å². The quantitative estimate of drug-likeness (QED) is 0.524. The third kappa shape index (κ3) is 8.66. The number of hydrogen-bond donors (Lipinski definition) is 2. The molecule has 16 heteroatoms. The van der Waals surface area contributed by atoms with Crippen LogP contribution < -0.4 is 4.74 Å². The summed E-state index contributed by atoms with van der Waals surface area (Å²) in [6.07, 6.45) is -4.76.